The van der Waals surface area contributed by atoms with Crippen LogP contribution in [0.5, 0.6) is 0 Å². The third-order valence-electron chi connectivity index (χ3n) is 3.12. The predicted octanol–water partition coefficient (Wildman–Crippen LogP) is 2.76. The van der Waals surface area contributed by atoms with Crippen LogP contribution in [0.15, 0.2) is 24.3 Å². The van der Waals surface area contributed by atoms with Gasteiger partial charge in [0.15, 0.2) is 0 Å². The van der Waals surface area contributed by atoms with Gasteiger partial charge in [-0.25, -0.2) is 0 Å². The number of carboxylic acids is 2. The summed E-state index contributed by atoms with van der Waals surface area (Å²) in [4.78, 5) is 21.6. The molecule has 0 radical (unpaired) electrons. The van der Waals surface area contributed by atoms with Crippen LogP contribution in [-0.4, -0.2) is 22.2 Å². The van der Waals surface area contributed by atoms with E-state index in [1.165, 1.54) is 0 Å². The molecule has 106 valence electrons. The van der Waals surface area contributed by atoms with E-state index in [0.29, 0.717) is 36.8 Å². The van der Waals surface area contributed by atoms with Crippen LogP contribution in [0.2, 0.25) is 0 Å². The molecule has 0 saturated heterocycles. The fourth-order valence-corrected chi connectivity index (χ4v) is 2.02. The van der Waals surface area contributed by atoms with Crippen molar-refractivity contribution in [1.29, 1.82) is 5.26 Å². The van der Waals surface area contributed by atoms with Gasteiger partial charge in [-0.2, -0.15) is 5.26 Å². The monoisotopic (exact) mass is 275 g/mol. The van der Waals surface area contributed by atoms with E-state index in [1.54, 1.807) is 24.3 Å². The number of hydrogen-bond donors (Lipinski definition) is 2. The highest BCUT2D eigenvalue weighted by Gasteiger charge is 2.19. The highest BCUT2D eigenvalue weighted by molar-refractivity contribution is 5.76. The maximum Gasteiger partial charge on any atom is 0.310 e. The molecule has 5 nitrogen and oxygen atoms in total. The lowest BCUT2D eigenvalue weighted by Crippen LogP contribution is -2.11. The minimum Gasteiger partial charge on any atom is -0.481 e. The van der Waals surface area contributed by atoms with Gasteiger partial charge in [-0.3, -0.25) is 9.59 Å². The molecule has 1 aromatic carbocycles. The van der Waals surface area contributed by atoms with E-state index in [2.05, 4.69) is 0 Å². The minimum atomic E-state index is -0.895. The number of nitrogens with zero attached hydrogens (tertiary/aromatic N) is 1. The van der Waals surface area contributed by atoms with Crippen LogP contribution < -0.4 is 0 Å². The largest absolute Gasteiger partial charge is 0.481 e. The van der Waals surface area contributed by atoms with Crippen molar-refractivity contribution in [2.24, 2.45) is 0 Å². The van der Waals surface area contributed by atoms with E-state index in [4.69, 9.17) is 10.4 Å². The third-order valence-corrected chi connectivity index (χ3v) is 3.12. The molecule has 0 aliphatic rings. The smallest absolute Gasteiger partial charge is 0.310 e. The van der Waals surface area contributed by atoms with Gasteiger partial charge in [-0.1, -0.05) is 25.0 Å². The molecule has 0 aliphatic carbocycles. The van der Waals surface area contributed by atoms with Crippen LogP contribution in [0, 0.1) is 11.3 Å². The van der Waals surface area contributed by atoms with Gasteiger partial charge >= 0.3 is 11.9 Å². The summed E-state index contributed by atoms with van der Waals surface area (Å²) < 4.78 is 0. The van der Waals surface area contributed by atoms with Gasteiger partial charge < -0.3 is 10.2 Å². The van der Waals surface area contributed by atoms with Gasteiger partial charge in [-0.05, 0) is 30.5 Å². The maximum atomic E-state index is 11.3. The van der Waals surface area contributed by atoms with Gasteiger partial charge in [0.25, 0.3) is 0 Å². The van der Waals surface area contributed by atoms with Crippen molar-refractivity contribution in [2.75, 3.05) is 0 Å². The Balaban J connectivity index is 2.54. The number of unbranched alkanes of at least 4 members (excludes halogenated alkanes) is 2. The quantitative estimate of drug-likeness (QED) is 0.711. The van der Waals surface area contributed by atoms with Crippen LogP contribution in [0.3, 0.4) is 0 Å². The molecule has 0 spiro atoms. The van der Waals surface area contributed by atoms with Gasteiger partial charge in [0.2, 0.25) is 0 Å². The van der Waals surface area contributed by atoms with E-state index in [9.17, 15) is 14.7 Å². The van der Waals surface area contributed by atoms with Crippen LogP contribution in [0.25, 0.3) is 0 Å². The van der Waals surface area contributed by atoms with Crippen LogP contribution in [-0.2, 0) is 9.59 Å². The summed E-state index contributed by atoms with van der Waals surface area (Å²) in [6, 6.07) is 8.53. The van der Waals surface area contributed by atoms with E-state index < -0.39 is 17.9 Å². The summed E-state index contributed by atoms with van der Waals surface area (Å²) in [6.07, 6.45) is 2.53. The summed E-state index contributed by atoms with van der Waals surface area (Å²) in [5, 5.41) is 26.5. The zero-order chi connectivity index (χ0) is 15.0. The first-order valence-electron chi connectivity index (χ1n) is 6.49. The fourth-order valence-electron chi connectivity index (χ4n) is 2.02. The topological polar surface area (TPSA) is 98.4 Å². The lowest BCUT2D eigenvalue weighted by Gasteiger charge is -2.12. The summed E-state index contributed by atoms with van der Waals surface area (Å²) >= 11 is 0. The Bertz CT molecular complexity index is 502. The SMILES string of the molecule is N#Cc1ccc(C(CCCCCC(=O)O)C(=O)O)cc1. The van der Waals surface area contributed by atoms with Crippen molar-refractivity contribution >= 4 is 11.9 Å². The third kappa shape index (κ3) is 5.11. The number of nitriles is 1. The maximum absolute atomic E-state index is 11.3. The molecule has 0 amide bonds. The summed E-state index contributed by atoms with van der Waals surface area (Å²) in [7, 11) is 0. The minimum absolute atomic E-state index is 0.120. The highest BCUT2D eigenvalue weighted by atomic mass is 16.4. The second-order valence-corrected chi connectivity index (χ2v) is 4.62. The zero-order valence-corrected chi connectivity index (χ0v) is 11.1. The average molecular weight is 275 g/mol. The number of rotatable bonds is 8. The molecule has 0 heterocycles. The molecule has 0 aromatic heterocycles. The van der Waals surface area contributed by atoms with E-state index in [0.717, 1.165) is 0 Å². The van der Waals surface area contributed by atoms with Gasteiger partial charge in [0.1, 0.15) is 0 Å². The second-order valence-electron chi connectivity index (χ2n) is 4.62. The van der Waals surface area contributed by atoms with Gasteiger partial charge in [0, 0.05) is 6.42 Å². The lowest BCUT2D eigenvalue weighted by molar-refractivity contribution is -0.139. The highest BCUT2D eigenvalue weighted by Crippen LogP contribution is 2.23. The average Bonchev–Trinajstić information content (AvgIpc) is 2.42. The molecule has 0 fully saturated rings. The van der Waals surface area contributed by atoms with E-state index >= 15 is 0 Å². The molecule has 1 unspecified atom stereocenters. The Morgan fingerprint density at radius 3 is 2.25 bits per heavy atom. The molecule has 1 rings (SSSR count). The van der Waals surface area contributed by atoms with Crippen LogP contribution in [0.1, 0.15) is 49.1 Å². The van der Waals surface area contributed by atoms with Crippen molar-refractivity contribution in [3.8, 4) is 6.07 Å². The summed E-state index contributed by atoms with van der Waals surface area (Å²) in [5.74, 6) is -2.33. The van der Waals surface area contributed by atoms with Crippen molar-refractivity contribution in [3.05, 3.63) is 35.4 Å². The van der Waals surface area contributed by atoms with E-state index in [-0.39, 0.29) is 6.42 Å². The molecule has 1 atom stereocenters. The first-order valence-corrected chi connectivity index (χ1v) is 6.49. The molecule has 2 N–H and O–H groups in total. The molecule has 1 aromatic rings. The molecule has 0 bridgehead atoms. The molecule has 0 saturated carbocycles. The van der Waals surface area contributed by atoms with Crippen molar-refractivity contribution in [3.63, 3.8) is 0 Å². The zero-order valence-electron chi connectivity index (χ0n) is 11.1. The number of carbonyl (C=O) groups is 2. The predicted molar refractivity (Wildman–Crippen MR) is 72.3 cm³/mol. The van der Waals surface area contributed by atoms with Crippen molar-refractivity contribution in [2.45, 2.75) is 38.0 Å². The second kappa shape index (κ2) is 7.95. The Morgan fingerprint density at radius 1 is 1.10 bits per heavy atom. The number of hydrogen-bond acceptors (Lipinski definition) is 3. The summed E-state index contributed by atoms with van der Waals surface area (Å²) in [6.45, 7) is 0. The number of benzene rings is 1. The Morgan fingerprint density at radius 2 is 1.75 bits per heavy atom. The number of carboxylic acid groups (broad SMARTS) is 2. The van der Waals surface area contributed by atoms with Gasteiger partial charge in [-0.15, -0.1) is 0 Å². The van der Waals surface area contributed by atoms with Crippen LogP contribution in [0.4, 0.5) is 0 Å². The Labute approximate surface area is 117 Å². The lowest BCUT2D eigenvalue weighted by atomic mass is 9.92. The Kier molecular flexibility index (Phi) is 6.24. The van der Waals surface area contributed by atoms with E-state index in [1.807, 2.05) is 6.07 Å². The first-order chi connectivity index (χ1) is 9.54. The molecule has 20 heavy (non-hydrogen) atoms. The molecule has 5 heteroatoms. The Hall–Kier alpha value is -2.35. The first kappa shape index (κ1) is 15.7. The fraction of sp³-hybridized carbons (Fsp3) is 0.400. The number of aliphatic carboxylic acids is 2. The molecular formula is C15H17NO4. The standard InChI is InChI=1S/C15H17NO4/c16-10-11-6-8-12(9-7-11)13(15(19)20)4-2-1-3-5-14(17)18/h6-9,13H,1-5H2,(H,17,18)(H,19,20). The van der Waals surface area contributed by atoms with Crippen molar-refractivity contribution in [1.82, 2.24) is 0 Å². The van der Waals surface area contributed by atoms with Gasteiger partial charge in [0.05, 0.1) is 17.6 Å². The normalized spacial score (nSPS) is 11.6. The van der Waals surface area contributed by atoms with Crippen LogP contribution >= 0.6 is 0 Å². The molecular weight excluding hydrogens is 258 g/mol. The molecule has 0 aliphatic heterocycles. The van der Waals surface area contributed by atoms with Crippen molar-refractivity contribution < 1.29 is 19.8 Å². The summed E-state index contributed by atoms with van der Waals surface area (Å²) in [5.41, 5.74) is 1.18.